The van der Waals surface area contributed by atoms with E-state index in [4.69, 9.17) is 10.7 Å². The number of fused-ring (bicyclic) bond motifs is 1. The lowest BCUT2D eigenvalue weighted by atomic mass is 10.2. The average molecular weight is 242 g/mol. The lowest BCUT2D eigenvalue weighted by molar-refractivity contribution is 0.609. The highest BCUT2D eigenvalue weighted by Crippen LogP contribution is 2.25. The third kappa shape index (κ3) is 2.22. The van der Waals surface area contributed by atoms with Gasteiger partial charge in [-0.1, -0.05) is 12.2 Å². The molecule has 1 aromatic rings. The molecule has 3 nitrogen and oxygen atoms in total. The van der Waals surface area contributed by atoms with Crippen LogP contribution in [0.4, 0.5) is 5.69 Å². The number of rotatable bonds is 1. The van der Waals surface area contributed by atoms with Crippen LogP contribution in [0.1, 0.15) is 5.56 Å². The van der Waals surface area contributed by atoms with Gasteiger partial charge in [0.05, 0.1) is 4.90 Å². The second-order valence-electron chi connectivity index (χ2n) is 3.05. The molecule has 0 spiro atoms. The van der Waals surface area contributed by atoms with Crippen molar-refractivity contribution in [3.63, 3.8) is 0 Å². The fourth-order valence-electron chi connectivity index (χ4n) is 1.31. The summed E-state index contributed by atoms with van der Waals surface area (Å²) in [6.07, 6.45) is 7.24. The van der Waals surface area contributed by atoms with Gasteiger partial charge in [-0.2, -0.15) is 0 Å². The van der Waals surface area contributed by atoms with Crippen LogP contribution in [0.25, 0.3) is 6.08 Å². The van der Waals surface area contributed by atoms with E-state index in [0.29, 0.717) is 0 Å². The molecule has 2 rings (SSSR count). The number of hydrogen-bond acceptors (Lipinski definition) is 3. The van der Waals surface area contributed by atoms with Crippen molar-refractivity contribution in [2.24, 2.45) is 0 Å². The molecular formula is C10H8ClNO2S. The second-order valence-corrected chi connectivity index (χ2v) is 5.62. The van der Waals surface area contributed by atoms with E-state index in [1.807, 2.05) is 18.2 Å². The number of anilines is 1. The summed E-state index contributed by atoms with van der Waals surface area (Å²) in [5.41, 5.74) is 1.64. The predicted molar refractivity (Wildman–Crippen MR) is 61.3 cm³/mol. The summed E-state index contributed by atoms with van der Waals surface area (Å²) in [6.45, 7) is 0. The van der Waals surface area contributed by atoms with Crippen LogP contribution in [0.2, 0.25) is 0 Å². The molecule has 0 bridgehead atoms. The molecule has 0 aromatic heterocycles. The van der Waals surface area contributed by atoms with Crippen molar-refractivity contribution in [3.8, 4) is 0 Å². The zero-order chi connectivity index (χ0) is 10.9. The van der Waals surface area contributed by atoms with Crippen molar-refractivity contribution < 1.29 is 8.42 Å². The SMILES string of the molecule is O=S(=O)(Cl)c1ccc2c(c1)C=CC=CN2. The van der Waals surface area contributed by atoms with Crippen LogP contribution in [-0.4, -0.2) is 8.42 Å². The summed E-state index contributed by atoms with van der Waals surface area (Å²) < 4.78 is 22.2. The highest BCUT2D eigenvalue weighted by Gasteiger charge is 2.11. The smallest absolute Gasteiger partial charge is 0.261 e. The molecule has 1 aliphatic heterocycles. The van der Waals surface area contributed by atoms with E-state index >= 15 is 0 Å². The van der Waals surface area contributed by atoms with Gasteiger partial charge in [0.15, 0.2) is 0 Å². The number of allylic oxidation sites excluding steroid dienone is 2. The van der Waals surface area contributed by atoms with E-state index in [1.54, 1.807) is 12.3 Å². The minimum absolute atomic E-state index is 0.108. The van der Waals surface area contributed by atoms with Gasteiger partial charge in [-0.15, -0.1) is 0 Å². The topological polar surface area (TPSA) is 46.2 Å². The highest BCUT2D eigenvalue weighted by atomic mass is 35.7. The van der Waals surface area contributed by atoms with Gasteiger partial charge in [0.25, 0.3) is 9.05 Å². The first-order valence-electron chi connectivity index (χ1n) is 4.26. The molecule has 0 fully saturated rings. The number of nitrogens with one attached hydrogen (secondary N) is 1. The molecule has 1 heterocycles. The Morgan fingerprint density at radius 1 is 1.20 bits per heavy atom. The molecule has 1 aromatic carbocycles. The van der Waals surface area contributed by atoms with E-state index in [0.717, 1.165) is 11.3 Å². The van der Waals surface area contributed by atoms with E-state index in [9.17, 15) is 8.42 Å². The Bertz CT molecular complexity index is 547. The Morgan fingerprint density at radius 2 is 2.00 bits per heavy atom. The zero-order valence-corrected chi connectivity index (χ0v) is 9.22. The van der Waals surface area contributed by atoms with Crippen LogP contribution in [0.5, 0.6) is 0 Å². The molecule has 0 unspecified atom stereocenters. The summed E-state index contributed by atoms with van der Waals surface area (Å²) in [5, 5.41) is 3.02. The van der Waals surface area contributed by atoms with Crippen molar-refractivity contribution >= 4 is 31.5 Å². The summed E-state index contributed by atoms with van der Waals surface area (Å²) in [6, 6.07) is 4.69. The number of halogens is 1. The second kappa shape index (κ2) is 3.72. The molecule has 78 valence electrons. The van der Waals surface area contributed by atoms with E-state index in [-0.39, 0.29) is 4.90 Å². The predicted octanol–water partition coefficient (Wildman–Crippen LogP) is 2.57. The Kier molecular flexibility index (Phi) is 2.54. The Balaban J connectivity index is 2.56. The van der Waals surface area contributed by atoms with Crippen molar-refractivity contribution in [3.05, 3.63) is 42.1 Å². The molecule has 1 aliphatic rings. The third-order valence-electron chi connectivity index (χ3n) is 2.03. The van der Waals surface area contributed by atoms with Crippen LogP contribution in [0.3, 0.4) is 0 Å². The van der Waals surface area contributed by atoms with Crippen LogP contribution < -0.4 is 5.32 Å². The lowest BCUT2D eigenvalue weighted by Crippen LogP contribution is -1.94. The molecule has 0 atom stereocenters. The number of hydrogen-bond donors (Lipinski definition) is 1. The molecule has 0 aliphatic carbocycles. The molecular weight excluding hydrogens is 234 g/mol. The quantitative estimate of drug-likeness (QED) is 0.769. The van der Waals surface area contributed by atoms with Crippen molar-refractivity contribution in [2.75, 3.05) is 5.32 Å². The first-order valence-corrected chi connectivity index (χ1v) is 6.57. The van der Waals surface area contributed by atoms with Crippen LogP contribution in [0, 0.1) is 0 Å². The average Bonchev–Trinajstić information content (AvgIpc) is 2.39. The minimum Gasteiger partial charge on any atom is -0.361 e. The summed E-state index contributed by atoms with van der Waals surface area (Å²) in [4.78, 5) is 0.108. The van der Waals surface area contributed by atoms with Gasteiger partial charge in [-0.3, -0.25) is 0 Å². The Labute approximate surface area is 92.5 Å². The van der Waals surface area contributed by atoms with Crippen molar-refractivity contribution in [1.29, 1.82) is 0 Å². The molecule has 1 N–H and O–H groups in total. The van der Waals surface area contributed by atoms with Crippen LogP contribution in [0.15, 0.2) is 41.4 Å². The van der Waals surface area contributed by atoms with E-state index < -0.39 is 9.05 Å². The molecule has 0 radical (unpaired) electrons. The van der Waals surface area contributed by atoms with Crippen molar-refractivity contribution in [2.45, 2.75) is 4.90 Å². The molecule has 15 heavy (non-hydrogen) atoms. The third-order valence-corrected chi connectivity index (χ3v) is 3.38. The van der Waals surface area contributed by atoms with Gasteiger partial charge in [0.2, 0.25) is 0 Å². The van der Waals surface area contributed by atoms with Gasteiger partial charge in [0, 0.05) is 22.6 Å². The maximum absolute atomic E-state index is 11.1. The van der Waals surface area contributed by atoms with Crippen LogP contribution in [-0.2, 0) is 9.05 Å². The van der Waals surface area contributed by atoms with Crippen molar-refractivity contribution in [1.82, 2.24) is 0 Å². The highest BCUT2D eigenvalue weighted by molar-refractivity contribution is 8.13. The maximum atomic E-state index is 11.1. The fourth-order valence-corrected chi connectivity index (χ4v) is 2.10. The van der Waals surface area contributed by atoms with Crippen LogP contribution >= 0.6 is 10.7 Å². The lowest BCUT2D eigenvalue weighted by Gasteiger charge is -2.05. The largest absolute Gasteiger partial charge is 0.361 e. The number of benzene rings is 1. The van der Waals surface area contributed by atoms with E-state index in [1.165, 1.54) is 12.1 Å². The standard InChI is InChI=1S/C10H8ClNO2S/c11-15(13,14)9-4-5-10-8(7-9)3-1-2-6-12-10/h1-7,12H. The molecule has 0 amide bonds. The summed E-state index contributed by atoms with van der Waals surface area (Å²) in [7, 11) is 1.60. The zero-order valence-electron chi connectivity index (χ0n) is 7.64. The fraction of sp³-hybridized carbons (Fsp3) is 0. The normalized spacial score (nSPS) is 14.2. The Morgan fingerprint density at radius 3 is 2.73 bits per heavy atom. The monoisotopic (exact) mass is 241 g/mol. The first kappa shape index (κ1) is 10.3. The van der Waals surface area contributed by atoms with Gasteiger partial charge in [-0.05, 0) is 29.8 Å². The minimum atomic E-state index is -3.66. The molecule has 5 heteroatoms. The van der Waals surface area contributed by atoms with Gasteiger partial charge >= 0.3 is 0 Å². The molecule has 0 saturated carbocycles. The van der Waals surface area contributed by atoms with Gasteiger partial charge < -0.3 is 5.32 Å². The first-order chi connectivity index (χ1) is 7.07. The summed E-state index contributed by atoms with van der Waals surface area (Å²) >= 11 is 0. The van der Waals surface area contributed by atoms with E-state index in [2.05, 4.69) is 5.32 Å². The summed E-state index contributed by atoms with van der Waals surface area (Å²) in [5.74, 6) is 0. The molecule has 0 saturated heterocycles. The maximum Gasteiger partial charge on any atom is 0.261 e. The van der Waals surface area contributed by atoms with Gasteiger partial charge in [0.1, 0.15) is 0 Å². The van der Waals surface area contributed by atoms with Gasteiger partial charge in [-0.25, -0.2) is 8.42 Å². The Hall–Kier alpha value is -1.26.